The van der Waals surface area contributed by atoms with Crippen LogP contribution in [0.25, 0.3) is 0 Å². The number of ether oxygens (including phenoxy) is 1. The quantitative estimate of drug-likeness (QED) is 0.738. The molecule has 0 heterocycles. The molecular weight excluding hydrogens is 238 g/mol. The summed E-state index contributed by atoms with van der Waals surface area (Å²) in [6.45, 7) is 10.7. The number of rotatable bonds is 6. The third-order valence-corrected chi connectivity index (χ3v) is 2.74. The summed E-state index contributed by atoms with van der Waals surface area (Å²) >= 11 is 0. The predicted molar refractivity (Wildman–Crippen MR) is 78.9 cm³/mol. The Balaban J connectivity index is 2.48. The summed E-state index contributed by atoms with van der Waals surface area (Å²) in [4.78, 5) is 13.7. The first-order valence-electron chi connectivity index (χ1n) is 6.71. The van der Waals surface area contributed by atoms with Crippen LogP contribution in [0.2, 0.25) is 0 Å². The zero-order valence-electron chi connectivity index (χ0n) is 12.7. The molecule has 0 aliphatic carbocycles. The number of para-hydroxylation sites is 1. The molecule has 0 N–H and O–H groups in total. The summed E-state index contributed by atoms with van der Waals surface area (Å²) in [6.07, 6.45) is 0. The second kappa shape index (κ2) is 6.71. The van der Waals surface area contributed by atoms with Crippen molar-refractivity contribution in [2.75, 3.05) is 26.7 Å². The van der Waals surface area contributed by atoms with Gasteiger partial charge in [0.2, 0.25) is 0 Å². The molecule has 0 aromatic heterocycles. The molecule has 3 nitrogen and oxygen atoms in total. The van der Waals surface area contributed by atoms with Crippen LogP contribution in [-0.4, -0.2) is 37.4 Å². The molecule has 0 saturated heterocycles. The lowest BCUT2D eigenvalue weighted by atomic mass is 9.96. The van der Waals surface area contributed by atoms with Crippen molar-refractivity contribution >= 4 is 5.78 Å². The molecular formula is C16H25NO2. The smallest absolute Gasteiger partial charge is 0.163 e. The van der Waals surface area contributed by atoms with Crippen LogP contribution < -0.4 is 4.74 Å². The molecule has 0 bridgehead atoms. The van der Waals surface area contributed by atoms with Gasteiger partial charge in [0.15, 0.2) is 5.78 Å². The minimum absolute atomic E-state index is 0.0404. The normalized spacial score (nSPS) is 11.7. The molecule has 1 aromatic rings. The molecule has 19 heavy (non-hydrogen) atoms. The molecule has 3 heteroatoms. The number of hydrogen-bond donors (Lipinski definition) is 0. The maximum absolute atomic E-state index is 11.5. The van der Waals surface area contributed by atoms with E-state index in [4.69, 9.17) is 4.74 Å². The van der Waals surface area contributed by atoms with Crippen molar-refractivity contribution in [3.63, 3.8) is 0 Å². The fourth-order valence-corrected chi connectivity index (χ4v) is 2.08. The second-order valence-corrected chi connectivity index (χ2v) is 6.20. The largest absolute Gasteiger partial charge is 0.491 e. The van der Waals surface area contributed by atoms with Gasteiger partial charge in [-0.05, 0) is 31.5 Å². The number of nitrogens with zero attached hydrogens (tertiary/aromatic N) is 1. The highest BCUT2D eigenvalue weighted by atomic mass is 16.5. The summed E-state index contributed by atoms with van der Waals surface area (Å²) in [6, 6.07) is 7.40. The van der Waals surface area contributed by atoms with Gasteiger partial charge in [0.05, 0.1) is 5.56 Å². The third-order valence-electron chi connectivity index (χ3n) is 2.74. The number of carbonyl (C=O) groups excluding carboxylic acids is 1. The topological polar surface area (TPSA) is 29.5 Å². The van der Waals surface area contributed by atoms with Crippen LogP contribution in [-0.2, 0) is 0 Å². The summed E-state index contributed by atoms with van der Waals surface area (Å²) in [7, 11) is 2.09. The zero-order valence-corrected chi connectivity index (χ0v) is 12.7. The van der Waals surface area contributed by atoms with Gasteiger partial charge < -0.3 is 9.64 Å². The Morgan fingerprint density at radius 1 is 1.26 bits per heavy atom. The standard InChI is InChI=1S/C16H25NO2/c1-13(18)14-8-6-7-9-15(14)19-11-10-17(5)12-16(2,3)4/h6-9H,10-12H2,1-5H3. The van der Waals surface area contributed by atoms with Gasteiger partial charge in [0.25, 0.3) is 0 Å². The summed E-state index contributed by atoms with van der Waals surface area (Å²) < 4.78 is 5.72. The number of hydrogen-bond acceptors (Lipinski definition) is 3. The van der Waals surface area contributed by atoms with E-state index in [9.17, 15) is 4.79 Å². The number of ketones is 1. The molecule has 0 saturated carbocycles. The fraction of sp³-hybridized carbons (Fsp3) is 0.562. The van der Waals surface area contributed by atoms with Crippen LogP contribution in [0.5, 0.6) is 5.75 Å². The average Bonchev–Trinajstić information content (AvgIpc) is 2.27. The minimum Gasteiger partial charge on any atom is -0.491 e. The van der Waals surface area contributed by atoms with E-state index in [-0.39, 0.29) is 11.2 Å². The number of carbonyl (C=O) groups is 1. The van der Waals surface area contributed by atoms with E-state index in [1.807, 2.05) is 18.2 Å². The Hall–Kier alpha value is -1.35. The lowest BCUT2D eigenvalue weighted by Gasteiger charge is -2.26. The van der Waals surface area contributed by atoms with Crippen LogP contribution >= 0.6 is 0 Å². The van der Waals surface area contributed by atoms with Crippen molar-refractivity contribution in [2.24, 2.45) is 5.41 Å². The van der Waals surface area contributed by atoms with E-state index >= 15 is 0 Å². The summed E-state index contributed by atoms with van der Waals surface area (Å²) in [5.41, 5.74) is 0.937. The van der Waals surface area contributed by atoms with E-state index in [1.165, 1.54) is 0 Å². The van der Waals surface area contributed by atoms with Crippen LogP contribution in [0.1, 0.15) is 38.1 Å². The monoisotopic (exact) mass is 263 g/mol. The van der Waals surface area contributed by atoms with Gasteiger partial charge in [-0.25, -0.2) is 0 Å². The maximum Gasteiger partial charge on any atom is 0.163 e. The SMILES string of the molecule is CC(=O)c1ccccc1OCCN(C)CC(C)(C)C. The van der Waals surface area contributed by atoms with E-state index in [1.54, 1.807) is 13.0 Å². The Morgan fingerprint density at radius 3 is 2.47 bits per heavy atom. The first kappa shape index (κ1) is 15.7. The van der Waals surface area contributed by atoms with Crippen LogP contribution in [0.4, 0.5) is 0 Å². The Bertz CT molecular complexity index is 421. The molecule has 0 amide bonds. The molecule has 0 radical (unpaired) electrons. The summed E-state index contributed by atoms with van der Waals surface area (Å²) in [5, 5.41) is 0. The molecule has 0 aliphatic rings. The number of Topliss-reactive ketones (excluding diaryl/α,β-unsaturated/α-hetero) is 1. The predicted octanol–water partition coefficient (Wildman–Crippen LogP) is 3.25. The summed E-state index contributed by atoms with van der Waals surface area (Å²) in [5.74, 6) is 0.720. The highest BCUT2D eigenvalue weighted by molar-refractivity contribution is 5.96. The van der Waals surface area contributed by atoms with Crippen molar-refractivity contribution in [1.82, 2.24) is 4.90 Å². The van der Waals surface area contributed by atoms with Gasteiger partial charge in [0.1, 0.15) is 12.4 Å². The van der Waals surface area contributed by atoms with E-state index in [2.05, 4.69) is 32.7 Å². The molecule has 1 aromatic carbocycles. The van der Waals surface area contributed by atoms with Crippen LogP contribution in [0.3, 0.4) is 0 Å². The van der Waals surface area contributed by atoms with Gasteiger partial charge >= 0.3 is 0 Å². The zero-order chi connectivity index (χ0) is 14.5. The van der Waals surface area contributed by atoms with Crippen molar-refractivity contribution in [1.29, 1.82) is 0 Å². The minimum atomic E-state index is 0.0404. The molecule has 0 fully saturated rings. The van der Waals surface area contributed by atoms with Crippen molar-refractivity contribution in [2.45, 2.75) is 27.7 Å². The molecule has 0 spiro atoms. The number of benzene rings is 1. The van der Waals surface area contributed by atoms with E-state index < -0.39 is 0 Å². The second-order valence-electron chi connectivity index (χ2n) is 6.20. The Labute approximate surface area is 116 Å². The maximum atomic E-state index is 11.5. The molecule has 106 valence electrons. The first-order valence-corrected chi connectivity index (χ1v) is 6.71. The van der Waals surface area contributed by atoms with Gasteiger partial charge in [-0.2, -0.15) is 0 Å². The Kier molecular flexibility index (Phi) is 5.55. The molecule has 0 aliphatic heterocycles. The fourth-order valence-electron chi connectivity index (χ4n) is 2.08. The van der Waals surface area contributed by atoms with Gasteiger partial charge in [-0.1, -0.05) is 32.9 Å². The Morgan fingerprint density at radius 2 is 1.89 bits per heavy atom. The van der Waals surface area contributed by atoms with Crippen molar-refractivity contribution < 1.29 is 9.53 Å². The highest BCUT2D eigenvalue weighted by Crippen LogP contribution is 2.18. The van der Waals surface area contributed by atoms with Gasteiger partial charge in [-0.3, -0.25) is 4.79 Å². The van der Waals surface area contributed by atoms with Crippen molar-refractivity contribution in [3.05, 3.63) is 29.8 Å². The van der Waals surface area contributed by atoms with Crippen LogP contribution in [0, 0.1) is 5.41 Å². The number of likely N-dealkylation sites (N-methyl/N-ethyl adjacent to an activating group) is 1. The molecule has 0 atom stereocenters. The molecule has 1 rings (SSSR count). The van der Waals surface area contributed by atoms with Crippen LogP contribution in [0.15, 0.2) is 24.3 Å². The average molecular weight is 263 g/mol. The highest BCUT2D eigenvalue weighted by Gasteiger charge is 2.13. The molecule has 0 unspecified atom stereocenters. The van der Waals surface area contributed by atoms with Gasteiger partial charge in [0, 0.05) is 13.1 Å². The van der Waals surface area contributed by atoms with E-state index in [0.717, 1.165) is 13.1 Å². The lowest BCUT2D eigenvalue weighted by Crippen LogP contribution is -2.32. The first-order chi connectivity index (χ1) is 8.79. The lowest BCUT2D eigenvalue weighted by molar-refractivity contribution is 0.101. The van der Waals surface area contributed by atoms with E-state index in [0.29, 0.717) is 17.9 Å². The third kappa shape index (κ3) is 5.88. The van der Waals surface area contributed by atoms with Crippen molar-refractivity contribution in [3.8, 4) is 5.75 Å². The van der Waals surface area contributed by atoms with Gasteiger partial charge in [-0.15, -0.1) is 0 Å².